The molecular weight excluding hydrogens is 350 g/mol. The molecule has 4 nitrogen and oxygen atoms in total. The molecule has 0 amide bonds. The lowest BCUT2D eigenvalue weighted by atomic mass is 10.2. The second kappa shape index (κ2) is 6.52. The Balaban J connectivity index is 2.14. The summed E-state index contributed by atoms with van der Waals surface area (Å²) in [5.74, 6) is -8.66. The highest BCUT2D eigenvalue weighted by atomic mass is 19.2. The molecule has 1 heterocycles. The van der Waals surface area contributed by atoms with Gasteiger partial charge in [0.1, 0.15) is 11.6 Å². The number of benzene rings is 2. The van der Waals surface area contributed by atoms with Crippen LogP contribution in [-0.4, -0.2) is 9.78 Å². The first-order chi connectivity index (χ1) is 12.3. The van der Waals surface area contributed by atoms with Gasteiger partial charge in [0.2, 0.25) is 23.3 Å². The first kappa shape index (κ1) is 17.5. The first-order valence-electron chi connectivity index (χ1n) is 7.41. The summed E-state index contributed by atoms with van der Waals surface area (Å²) >= 11 is 0. The van der Waals surface area contributed by atoms with Crippen molar-refractivity contribution >= 4 is 0 Å². The Labute approximate surface area is 145 Å². The van der Waals surface area contributed by atoms with Crippen molar-refractivity contribution in [3.8, 4) is 23.4 Å². The third-order valence-electron chi connectivity index (χ3n) is 3.59. The second-order valence-corrected chi connectivity index (χ2v) is 5.55. The van der Waals surface area contributed by atoms with Gasteiger partial charge in [-0.3, -0.25) is 0 Å². The molecule has 0 fully saturated rings. The molecular formula is C18H11F4N3O. The van der Waals surface area contributed by atoms with Crippen molar-refractivity contribution in [1.29, 1.82) is 5.26 Å². The zero-order chi connectivity index (χ0) is 19.0. The number of aromatic nitrogens is 2. The van der Waals surface area contributed by atoms with Gasteiger partial charge in [-0.2, -0.15) is 19.1 Å². The quantitative estimate of drug-likeness (QED) is 0.501. The molecule has 0 saturated carbocycles. The summed E-state index contributed by atoms with van der Waals surface area (Å²) < 4.78 is 62.1. The minimum absolute atomic E-state index is 0.144. The zero-order valence-electron chi connectivity index (χ0n) is 13.6. The summed E-state index contributed by atoms with van der Waals surface area (Å²) in [6.07, 6.45) is 0. The number of aryl methyl sites for hydroxylation is 2. The zero-order valence-corrected chi connectivity index (χ0v) is 13.6. The van der Waals surface area contributed by atoms with E-state index in [1.165, 1.54) is 10.7 Å². The lowest BCUT2D eigenvalue weighted by Gasteiger charge is -2.12. The Kier molecular flexibility index (Phi) is 4.38. The average Bonchev–Trinajstić information content (AvgIpc) is 2.98. The SMILES string of the molecule is Cc1cccc(-n2nc(C)cc2Oc2c(F)c(F)c(C#N)c(F)c2F)c1. The topological polar surface area (TPSA) is 50.8 Å². The summed E-state index contributed by atoms with van der Waals surface area (Å²) in [6, 6.07) is 9.44. The van der Waals surface area contributed by atoms with Gasteiger partial charge in [-0.05, 0) is 31.5 Å². The van der Waals surface area contributed by atoms with Crippen LogP contribution in [0.4, 0.5) is 17.6 Å². The van der Waals surface area contributed by atoms with Crippen LogP contribution in [0.2, 0.25) is 0 Å². The van der Waals surface area contributed by atoms with Crippen LogP contribution in [0.15, 0.2) is 30.3 Å². The standard InChI is InChI=1S/C18H11F4N3O/c1-9-4-3-5-11(6-9)25-13(7-10(2)24-25)26-18-16(21)14(19)12(8-23)15(20)17(18)22/h3-7H,1-2H3. The Bertz CT molecular complexity index is 1020. The summed E-state index contributed by atoms with van der Waals surface area (Å²) in [7, 11) is 0. The minimum Gasteiger partial charge on any atom is -0.432 e. The smallest absolute Gasteiger partial charge is 0.223 e. The first-order valence-corrected chi connectivity index (χ1v) is 7.41. The van der Waals surface area contributed by atoms with E-state index in [-0.39, 0.29) is 5.88 Å². The number of hydrogen-bond acceptors (Lipinski definition) is 3. The van der Waals surface area contributed by atoms with Gasteiger partial charge in [0.15, 0.2) is 11.6 Å². The average molecular weight is 361 g/mol. The van der Waals surface area contributed by atoms with E-state index in [1.807, 2.05) is 13.0 Å². The fraction of sp³-hybridized carbons (Fsp3) is 0.111. The third kappa shape index (κ3) is 2.88. The molecule has 0 radical (unpaired) electrons. The van der Waals surface area contributed by atoms with Crippen molar-refractivity contribution < 1.29 is 22.3 Å². The number of ether oxygens (including phenoxy) is 1. The highest BCUT2D eigenvalue weighted by molar-refractivity contribution is 5.44. The maximum absolute atomic E-state index is 14.1. The lowest BCUT2D eigenvalue weighted by Crippen LogP contribution is -2.06. The molecule has 0 aliphatic rings. The number of nitriles is 1. The summed E-state index contributed by atoms with van der Waals surface area (Å²) in [4.78, 5) is 0. The van der Waals surface area contributed by atoms with Crippen LogP contribution >= 0.6 is 0 Å². The van der Waals surface area contributed by atoms with E-state index in [0.29, 0.717) is 11.4 Å². The van der Waals surface area contributed by atoms with Crippen LogP contribution < -0.4 is 4.74 Å². The molecule has 0 spiro atoms. The molecule has 26 heavy (non-hydrogen) atoms. The normalized spacial score (nSPS) is 10.7. The van der Waals surface area contributed by atoms with Crippen LogP contribution in [0, 0.1) is 48.4 Å². The van der Waals surface area contributed by atoms with Gasteiger partial charge in [0, 0.05) is 6.07 Å². The summed E-state index contributed by atoms with van der Waals surface area (Å²) in [5, 5.41) is 12.8. The molecule has 2 aromatic carbocycles. The molecule has 0 saturated heterocycles. The highest BCUT2D eigenvalue weighted by Crippen LogP contribution is 2.34. The van der Waals surface area contributed by atoms with Crippen molar-refractivity contribution in [2.45, 2.75) is 13.8 Å². The number of hydrogen-bond donors (Lipinski definition) is 0. The van der Waals surface area contributed by atoms with Crippen LogP contribution in [0.5, 0.6) is 11.6 Å². The van der Waals surface area contributed by atoms with Gasteiger partial charge in [0.25, 0.3) is 0 Å². The van der Waals surface area contributed by atoms with E-state index < -0.39 is 34.6 Å². The van der Waals surface area contributed by atoms with Gasteiger partial charge in [-0.25, -0.2) is 13.5 Å². The van der Waals surface area contributed by atoms with Gasteiger partial charge < -0.3 is 4.74 Å². The van der Waals surface area contributed by atoms with E-state index in [2.05, 4.69) is 5.10 Å². The van der Waals surface area contributed by atoms with Crippen molar-refractivity contribution in [3.05, 3.63) is 70.4 Å². The van der Waals surface area contributed by atoms with Gasteiger partial charge >= 0.3 is 0 Å². The van der Waals surface area contributed by atoms with Crippen molar-refractivity contribution in [2.75, 3.05) is 0 Å². The van der Waals surface area contributed by atoms with Crippen LogP contribution in [0.25, 0.3) is 5.69 Å². The van der Waals surface area contributed by atoms with Crippen LogP contribution in [-0.2, 0) is 0 Å². The molecule has 3 rings (SSSR count). The molecule has 132 valence electrons. The Morgan fingerprint density at radius 1 is 1.00 bits per heavy atom. The Morgan fingerprint density at radius 3 is 2.23 bits per heavy atom. The molecule has 0 aliphatic carbocycles. The second-order valence-electron chi connectivity index (χ2n) is 5.55. The fourth-order valence-corrected chi connectivity index (χ4v) is 2.40. The summed E-state index contributed by atoms with van der Waals surface area (Å²) in [6.45, 7) is 3.46. The van der Waals surface area contributed by atoms with Crippen molar-refractivity contribution in [2.24, 2.45) is 0 Å². The van der Waals surface area contributed by atoms with E-state index in [1.54, 1.807) is 25.1 Å². The Hall–Kier alpha value is -3.34. The molecule has 3 aromatic rings. The van der Waals surface area contributed by atoms with Crippen molar-refractivity contribution in [1.82, 2.24) is 9.78 Å². The molecule has 1 aromatic heterocycles. The largest absolute Gasteiger partial charge is 0.432 e. The molecule has 8 heteroatoms. The van der Waals surface area contributed by atoms with E-state index in [9.17, 15) is 17.6 Å². The minimum atomic E-state index is -1.82. The van der Waals surface area contributed by atoms with Gasteiger partial charge in [-0.15, -0.1) is 0 Å². The van der Waals surface area contributed by atoms with E-state index >= 15 is 0 Å². The highest BCUT2D eigenvalue weighted by Gasteiger charge is 2.28. The Morgan fingerprint density at radius 2 is 1.65 bits per heavy atom. The van der Waals surface area contributed by atoms with E-state index in [4.69, 9.17) is 10.00 Å². The molecule has 0 atom stereocenters. The van der Waals surface area contributed by atoms with Crippen LogP contribution in [0.3, 0.4) is 0 Å². The van der Waals surface area contributed by atoms with Crippen molar-refractivity contribution in [3.63, 3.8) is 0 Å². The molecule has 0 aliphatic heterocycles. The number of halogens is 4. The van der Waals surface area contributed by atoms with E-state index in [0.717, 1.165) is 11.6 Å². The third-order valence-corrected chi connectivity index (χ3v) is 3.59. The molecule has 0 N–H and O–H groups in total. The molecule has 0 unspecified atom stereocenters. The monoisotopic (exact) mass is 361 g/mol. The fourth-order valence-electron chi connectivity index (χ4n) is 2.40. The van der Waals surface area contributed by atoms with Crippen LogP contribution in [0.1, 0.15) is 16.8 Å². The summed E-state index contributed by atoms with van der Waals surface area (Å²) in [5.41, 5.74) is 0.533. The maximum Gasteiger partial charge on any atom is 0.223 e. The molecule has 0 bridgehead atoms. The lowest BCUT2D eigenvalue weighted by molar-refractivity contribution is 0.351. The van der Waals surface area contributed by atoms with Gasteiger partial charge in [-0.1, -0.05) is 12.1 Å². The predicted molar refractivity (Wildman–Crippen MR) is 84.1 cm³/mol. The number of nitrogens with zero attached hydrogens (tertiary/aromatic N) is 3. The van der Waals surface area contributed by atoms with Gasteiger partial charge in [0.05, 0.1) is 11.4 Å². The maximum atomic E-state index is 14.1. The predicted octanol–water partition coefficient (Wildman–Crippen LogP) is 4.71. The number of rotatable bonds is 3.